The molecular weight excluding hydrogens is 312 g/mol. The van der Waals surface area contributed by atoms with E-state index in [2.05, 4.69) is 10.6 Å². The highest BCUT2D eigenvalue weighted by atomic mass is 35.5. The average molecular weight is 333 g/mol. The number of carbonyl (C=O) groups excluding carboxylic acids is 1. The molecule has 0 heterocycles. The molecule has 2 aromatic carbocycles. The third kappa shape index (κ3) is 5.83. The molecule has 2 rings (SSSR count). The summed E-state index contributed by atoms with van der Waals surface area (Å²) in [5, 5.41) is 6.40. The molecule has 4 nitrogen and oxygen atoms in total. The second-order valence-corrected chi connectivity index (χ2v) is 5.56. The molecule has 0 fully saturated rings. The van der Waals surface area contributed by atoms with E-state index >= 15 is 0 Å². The molecule has 0 aromatic heterocycles. The summed E-state index contributed by atoms with van der Waals surface area (Å²) in [5.41, 5.74) is 2.18. The van der Waals surface area contributed by atoms with Gasteiger partial charge in [-0.25, -0.2) is 4.79 Å². The van der Waals surface area contributed by atoms with Crippen LogP contribution in [0.25, 0.3) is 0 Å². The zero-order chi connectivity index (χ0) is 16.5. The van der Waals surface area contributed by atoms with E-state index in [4.69, 9.17) is 16.3 Å². The molecule has 122 valence electrons. The number of carbonyl (C=O) groups is 1. The fourth-order valence-electron chi connectivity index (χ4n) is 2.30. The highest BCUT2D eigenvalue weighted by Crippen LogP contribution is 2.17. The van der Waals surface area contributed by atoms with Gasteiger partial charge in [0, 0.05) is 18.1 Å². The number of urea groups is 1. The number of methoxy groups -OCH3 is 1. The van der Waals surface area contributed by atoms with Crippen molar-refractivity contribution >= 4 is 17.6 Å². The van der Waals surface area contributed by atoms with Crippen molar-refractivity contribution in [2.75, 3.05) is 20.2 Å². The largest absolute Gasteiger partial charge is 0.496 e. The summed E-state index contributed by atoms with van der Waals surface area (Å²) in [5.74, 6) is 0.843. The second-order valence-electron chi connectivity index (χ2n) is 5.12. The third-order valence-electron chi connectivity index (χ3n) is 3.46. The Morgan fingerprint density at radius 3 is 2.52 bits per heavy atom. The minimum absolute atomic E-state index is 0.165. The van der Waals surface area contributed by atoms with Crippen LogP contribution in [0.5, 0.6) is 5.75 Å². The van der Waals surface area contributed by atoms with Gasteiger partial charge in [0.1, 0.15) is 5.75 Å². The maximum Gasteiger partial charge on any atom is 0.314 e. The van der Waals surface area contributed by atoms with Crippen LogP contribution in [0.2, 0.25) is 5.02 Å². The van der Waals surface area contributed by atoms with Crippen LogP contribution >= 0.6 is 11.6 Å². The first-order valence-corrected chi connectivity index (χ1v) is 7.95. The quantitative estimate of drug-likeness (QED) is 0.816. The summed E-state index contributed by atoms with van der Waals surface area (Å²) in [6.45, 7) is 1.13. The predicted octanol–water partition coefficient (Wildman–Crippen LogP) is 3.43. The molecule has 23 heavy (non-hydrogen) atoms. The first-order valence-electron chi connectivity index (χ1n) is 7.57. The van der Waals surface area contributed by atoms with E-state index in [0.717, 1.165) is 29.7 Å². The molecule has 0 aliphatic rings. The number of hydrogen-bond donors (Lipinski definition) is 2. The number of nitrogens with one attached hydrogen (secondary N) is 2. The molecule has 0 aliphatic carbocycles. The van der Waals surface area contributed by atoms with Gasteiger partial charge in [0.15, 0.2) is 0 Å². The minimum Gasteiger partial charge on any atom is -0.496 e. The molecule has 0 spiro atoms. The van der Waals surface area contributed by atoms with E-state index < -0.39 is 0 Å². The van der Waals surface area contributed by atoms with Crippen molar-refractivity contribution < 1.29 is 9.53 Å². The Hall–Kier alpha value is -2.20. The van der Waals surface area contributed by atoms with Crippen molar-refractivity contribution in [2.45, 2.75) is 12.8 Å². The van der Waals surface area contributed by atoms with Crippen molar-refractivity contribution in [3.05, 3.63) is 64.7 Å². The number of ether oxygens (including phenoxy) is 1. The maximum atomic E-state index is 11.8. The fourth-order valence-corrected chi connectivity index (χ4v) is 2.51. The summed E-state index contributed by atoms with van der Waals surface area (Å²) in [4.78, 5) is 11.8. The van der Waals surface area contributed by atoms with Gasteiger partial charge >= 0.3 is 6.03 Å². The van der Waals surface area contributed by atoms with Gasteiger partial charge in [-0.2, -0.15) is 0 Å². The highest BCUT2D eigenvalue weighted by Gasteiger charge is 2.03. The van der Waals surface area contributed by atoms with Gasteiger partial charge in [-0.15, -0.1) is 0 Å². The molecule has 0 unspecified atom stereocenters. The number of halogens is 1. The Morgan fingerprint density at radius 1 is 1.04 bits per heavy atom. The van der Waals surface area contributed by atoms with Crippen molar-refractivity contribution in [1.29, 1.82) is 0 Å². The van der Waals surface area contributed by atoms with Crippen molar-refractivity contribution in [1.82, 2.24) is 10.6 Å². The summed E-state index contributed by atoms with van der Waals surface area (Å²) in [7, 11) is 1.65. The zero-order valence-corrected chi connectivity index (χ0v) is 13.9. The van der Waals surface area contributed by atoms with Crippen LogP contribution in [-0.4, -0.2) is 26.2 Å². The van der Waals surface area contributed by atoms with Crippen LogP contribution in [0.1, 0.15) is 11.1 Å². The molecule has 0 aliphatic heterocycles. The van der Waals surface area contributed by atoms with E-state index in [0.29, 0.717) is 18.1 Å². The van der Waals surface area contributed by atoms with Crippen LogP contribution in [0, 0.1) is 0 Å². The van der Waals surface area contributed by atoms with E-state index in [1.54, 1.807) is 7.11 Å². The van der Waals surface area contributed by atoms with E-state index in [9.17, 15) is 4.79 Å². The van der Waals surface area contributed by atoms with E-state index in [1.165, 1.54) is 0 Å². The Labute approximate surface area is 141 Å². The van der Waals surface area contributed by atoms with Gasteiger partial charge in [-0.05, 0) is 42.2 Å². The van der Waals surface area contributed by atoms with Crippen molar-refractivity contribution in [2.24, 2.45) is 0 Å². The van der Waals surface area contributed by atoms with Crippen LogP contribution in [0.4, 0.5) is 4.79 Å². The van der Waals surface area contributed by atoms with Gasteiger partial charge < -0.3 is 15.4 Å². The Morgan fingerprint density at radius 2 is 1.78 bits per heavy atom. The molecule has 0 atom stereocenters. The lowest BCUT2D eigenvalue weighted by Crippen LogP contribution is -2.37. The Bertz CT molecular complexity index is 646. The molecule has 2 N–H and O–H groups in total. The molecular formula is C18H21ClN2O2. The highest BCUT2D eigenvalue weighted by molar-refractivity contribution is 6.30. The predicted molar refractivity (Wildman–Crippen MR) is 93.3 cm³/mol. The van der Waals surface area contributed by atoms with Gasteiger partial charge in [0.25, 0.3) is 0 Å². The van der Waals surface area contributed by atoms with E-state index in [-0.39, 0.29) is 6.03 Å². The van der Waals surface area contributed by atoms with Crippen LogP contribution in [0.15, 0.2) is 48.5 Å². The topological polar surface area (TPSA) is 50.4 Å². The minimum atomic E-state index is -0.165. The number of benzene rings is 2. The summed E-state index contributed by atoms with van der Waals surface area (Å²) in [6.07, 6.45) is 1.48. The van der Waals surface area contributed by atoms with E-state index in [1.807, 2.05) is 48.5 Å². The van der Waals surface area contributed by atoms with Gasteiger partial charge in [0.05, 0.1) is 7.11 Å². The summed E-state index contributed by atoms with van der Waals surface area (Å²) >= 11 is 5.93. The smallest absolute Gasteiger partial charge is 0.314 e. The van der Waals surface area contributed by atoms with Gasteiger partial charge in [0.2, 0.25) is 0 Å². The Kier molecular flexibility index (Phi) is 6.76. The molecule has 0 saturated heterocycles. The molecule has 0 saturated carbocycles. The fraction of sp³-hybridized carbons (Fsp3) is 0.278. The molecule has 0 bridgehead atoms. The lowest BCUT2D eigenvalue weighted by atomic mass is 10.1. The first-order chi connectivity index (χ1) is 11.2. The average Bonchev–Trinajstić information content (AvgIpc) is 2.55. The standard InChI is InChI=1S/C18H21ClN2O2/c1-23-17-8-3-2-6-15(17)10-12-21-18(22)20-11-9-14-5-4-7-16(19)13-14/h2-8,13H,9-12H2,1H3,(H2,20,21,22). The number of rotatable bonds is 7. The lowest BCUT2D eigenvalue weighted by Gasteiger charge is -2.10. The molecule has 5 heteroatoms. The molecule has 0 radical (unpaired) electrons. The van der Waals surface area contributed by atoms with Crippen molar-refractivity contribution in [3.8, 4) is 5.75 Å². The van der Waals surface area contributed by atoms with Crippen LogP contribution in [0.3, 0.4) is 0 Å². The SMILES string of the molecule is COc1ccccc1CCNC(=O)NCCc1cccc(Cl)c1. The third-order valence-corrected chi connectivity index (χ3v) is 3.70. The Balaban J connectivity index is 1.67. The first kappa shape index (κ1) is 17.2. The lowest BCUT2D eigenvalue weighted by molar-refractivity contribution is 0.241. The molecule has 2 aromatic rings. The monoisotopic (exact) mass is 332 g/mol. The normalized spacial score (nSPS) is 10.2. The van der Waals surface area contributed by atoms with Crippen molar-refractivity contribution in [3.63, 3.8) is 0 Å². The van der Waals surface area contributed by atoms with Crippen LogP contribution < -0.4 is 15.4 Å². The summed E-state index contributed by atoms with van der Waals surface area (Å²) < 4.78 is 5.29. The summed E-state index contributed by atoms with van der Waals surface area (Å²) in [6, 6.07) is 15.3. The molecule has 2 amide bonds. The zero-order valence-electron chi connectivity index (χ0n) is 13.1. The van der Waals surface area contributed by atoms with Gasteiger partial charge in [-0.3, -0.25) is 0 Å². The van der Waals surface area contributed by atoms with Crippen LogP contribution in [-0.2, 0) is 12.8 Å². The number of amides is 2. The number of hydrogen-bond acceptors (Lipinski definition) is 2. The maximum absolute atomic E-state index is 11.8. The second kappa shape index (κ2) is 9.06. The van der Waals surface area contributed by atoms with Gasteiger partial charge in [-0.1, -0.05) is 41.9 Å². The number of para-hydroxylation sites is 1.